The molecule has 0 aromatic carbocycles. The molecule has 0 aliphatic rings. The molecule has 0 bridgehead atoms. The molecule has 1 N–H and O–H groups in total. The van der Waals surface area contributed by atoms with Gasteiger partial charge in [0.25, 0.3) is 0 Å². The molecule has 0 aliphatic heterocycles. The van der Waals surface area contributed by atoms with E-state index in [2.05, 4.69) is 4.98 Å². The second-order valence-corrected chi connectivity index (χ2v) is 4.12. The maximum absolute atomic E-state index is 11.9. The van der Waals surface area contributed by atoms with E-state index in [9.17, 15) is 9.59 Å². The van der Waals surface area contributed by atoms with E-state index < -0.39 is 5.97 Å². The molecule has 2 aromatic rings. The summed E-state index contributed by atoms with van der Waals surface area (Å²) in [6.45, 7) is 0. The van der Waals surface area contributed by atoms with Gasteiger partial charge in [0.1, 0.15) is 4.88 Å². The van der Waals surface area contributed by atoms with Crippen molar-refractivity contribution in [1.82, 2.24) is 4.98 Å². The molecule has 0 aliphatic carbocycles. The Morgan fingerprint density at radius 1 is 1.19 bits per heavy atom. The second kappa shape index (κ2) is 4.24. The predicted octanol–water partition coefficient (Wildman–Crippen LogP) is 2.07. The summed E-state index contributed by atoms with van der Waals surface area (Å²) in [6.07, 6.45) is 3.04. The van der Waals surface area contributed by atoms with Crippen molar-refractivity contribution >= 4 is 23.1 Å². The first-order valence-corrected chi connectivity index (χ1v) is 5.28. The van der Waals surface area contributed by atoms with Crippen molar-refractivity contribution in [2.45, 2.75) is 0 Å². The molecule has 4 nitrogen and oxygen atoms in total. The summed E-state index contributed by atoms with van der Waals surface area (Å²) in [4.78, 5) is 26.9. The Morgan fingerprint density at radius 2 is 1.94 bits per heavy atom. The lowest BCUT2D eigenvalue weighted by Gasteiger charge is -1.95. The number of hydrogen-bond donors (Lipinski definition) is 1. The number of carbonyl (C=O) groups is 2. The molecule has 0 unspecified atom stereocenters. The number of rotatable bonds is 3. The van der Waals surface area contributed by atoms with E-state index in [0.29, 0.717) is 10.4 Å². The normalized spacial score (nSPS) is 10.0. The molecule has 2 rings (SSSR count). The standard InChI is InChI=1S/C11H7NO3S/c13-10(7-2-1-5-12-6-7)8-3-4-9(16-8)11(14)15/h1-6H,(H,14,15). The predicted molar refractivity (Wildman–Crippen MR) is 58.9 cm³/mol. The number of pyridine rings is 1. The van der Waals surface area contributed by atoms with Gasteiger partial charge in [-0.05, 0) is 24.3 Å². The Hall–Kier alpha value is -2.01. The summed E-state index contributed by atoms with van der Waals surface area (Å²) in [7, 11) is 0. The van der Waals surface area contributed by atoms with Crippen molar-refractivity contribution in [3.8, 4) is 0 Å². The molecule has 2 aromatic heterocycles. The van der Waals surface area contributed by atoms with Crippen molar-refractivity contribution in [3.63, 3.8) is 0 Å². The lowest BCUT2D eigenvalue weighted by molar-refractivity contribution is 0.0702. The van der Waals surface area contributed by atoms with E-state index in [-0.39, 0.29) is 10.7 Å². The first-order valence-electron chi connectivity index (χ1n) is 4.46. The summed E-state index contributed by atoms with van der Waals surface area (Å²) in [6, 6.07) is 6.26. The third-order valence-electron chi connectivity index (χ3n) is 1.96. The molecule has 2 heterocycles. The van der Waals surface area contributed by atoms with Crippen LogP contribution >= 0.6 is 11.3 Å². The van der Waals surface area contributed by atoms with Crippen molar-refractivity contribution < 1.29 is 14.7 Å². The van der Waals surface area contributed by atoms with Gasteiger partial charge in [-0.25, -0.2) is 4.79 Å². The Bertz CT molecular complexity index is 533. The van der Waals surface area contributed by atoms with Gasteiger partial charge in [0.15, 0.2) is 0 Å². The van der Waals surface area contributed by atoms with Gasteiger partial charge >= 0.3 is 5.97 Å². The van der Waals surface area contributed by atoms with Gasteiger partial charge in [-0.1, -0.05) is 0 Å². The van der Waals surface area contributed by atoms with E-state index in [1.165, 1.54) is 18.3 Å². The van der Waals surface area contributed by atoms with Crippen LogP contribution in [-0.2, 0) is 0 Å². The van der Waals surface area contributed by atoms with Crippen LogP contribution in [-0.4, -0.2) is 21.8 Å². The fourth-order valence-corrected chi connectivity index (χ4v) is 2.02. The quantitative estimate of drug-likeness (QED) is 0.824. The zero-order valence-electron chi connectivity index (χ0n) is 8.08. The molecule has 0 radical (unpaired) electrons. The molecule has 16 heavy (non-hydrogen) atoms. The summed E-state index contributed by atoms with van der Waals surface area (Å²) in [5.74, 6) is -1.22. The van der Waals surface area contributed by atoms with Gasteiger partial charge in [0.2, 0.25) is 5.78 Å². The highest BCUT2D eigenvalue weighted by atomic mass is 32.1. The van der Waals surface area contributed by atoms with Crippen LogP contribution < -0.4 is 0 Å². The molecule has 0 atom stereocenters. The van der Waals surface area contributed by atoms with E-state index >= 15 is 0 Å². The Labute approximate surface area is 95.2 Å². The fraction of sp³-hybridized carbons (Fsp3) is 0. The zero-order valence-corrected chi connectivity index (χ0v) is 8.90. The molecule has 5 heteroatoms. The fourth-order valence-electron chi connectivity index (χ4n) is 1.21. The molecular weight excluding hydrogens is 226 g/mol. The number of thiophene rings is 1. The van der Waals surface area contributed by atoms with Crippen LogP contribution in [0.15, 0.2) is 36.7 Å². The van der Waals surface area contributed by atoms with Crippen molar-refractivity contribution in [1.29, 1.82) is 0 Å². The van der Waals surface area contributed by atoms with Gasteiger partial charge in [0.05, 0.1) is 4.88 Å². The zero-order chi connectivity index (χ0) is 11.5. The van der Waals surface area contributed by atoms with Gasteiger partial charge in [-0.3, -0.25) is 9.78 Å². The van der Waals surface area contributed by atoms with Crippen LogP contribution in [0, 0.1) is 0 Å². The van der Waals surface area contributed by atoms with E-state index in [1.807, 2.05) is 0 Å². The van der Waals surface area contributed by atoms with Crippen molar-refractivity contribution in [2.75, 3.05) is 0 Å². The Balaban J connectivity index is 2.31. The number of aromatic nitrogens is 1. The van der Waals surface area contributed by atoms with Gasteiger partial charge in [0, 0.05) is 18.0 Å². The Morgan fingerprint density at radius 3 is 2.50 bits per heavy atom. The summed E-state index contributed by atoms with van der Waals surface area (Å²) >= 11 is 0.967. The minimum atomic E-state index is -1.02. The SMILES string of the molecule is O=C(O)c1ccc(C(=O)c2cccnc2)s1. The lowest BCUT2D eigenvalue weighted by Crippen LogP contribution is -1.98. The molecule has 0 saturated carbocycles. The molecule has 0 spiro atoms. The third-order valence-corrected chi connectivity index (χ3v) is 3.04. The highest BCUT2D eigenvalue weighted by Gasteiger charge is 2.14. The minimum absolute atomic E-state index is 0.159. The molecular formula is C11H7NO3S. The average molecular weight is 233 g/mol. The topological polar surface area (TPSA) is 67.3 Å². The minimum Gasteiger partial charge on any atom is -0.477 e. The number of aromatic carboxylic acids is 1. The van der Waals surface area contributed by atoms with E-state index in [1.54, 1.807) is 18.3 Å². The maximum Gasteiger partial charge on any atom is 0.345 e. The smallest absolute Gasteiger partial charge is 0.345 e. The summed E-state index contributed by atoms with van der Waals surface area (Å²) in [5, 5.41) is 8.74. The van der Waals surface area contributed by atoms with Crippen molar-refractivity contribution in [3.05, 3.63) is 52.0 Å². The largest absolute Gasteiger partial charge is 0.477 e. The Kier molecular flexibility index (Phi) is 2.78. The number of carboxylic acids is 1. The average Bonchev–Trinajstić information content (AvgIpc) is 2.78. The van der Waals surface area contributed by atoms with Crippen LogP contribution in [0.1, 0.15) is 24.9 Å². The van der Waals surface area contributed by atoms with E-state index in [0.717, 1.165) is 11.3 Å². The molecule has 0 fully saturated rings. The van der Waals surface area contributed by atoms with Crippen LogP contribution in [0.3, 0.4) is 0 Å². The second-order valence-electron chi connectivity index (χ2n) is 3.04. The summed E-state index contributed by atoms with van der Waals surface area (Å²) < 4.78 is 0. The van der Waals surface area contributed by atoms with Crippen LogP contribution in [0.2, 0.25) is 0 Å². The van der Waals surface area contributed by atoms with E-state index in [4.69, 9.17) is 5.11 Å². The molecule has 0 amide bonds. The van der Waals surface area contributed by atoms with Crippen LogP contribution in [0.25, 0.3) is 0 Å². The van der Waals surface area contributed by atoms with Gasteiger partial charge in [-0.2, -0.15) is 0 Å². The lowest BCUT2D eigenvalue weighted by atomic mass is 10.1. The highest BCUT2D eigenvalue weighted by molar-refractivity contribution is 7.16. The summed E-state index contributed by atoms with van der Waals surface area (Å²) in [5.41, 5.74) is 0.460. The molecule has 0 saturated heterocycles. The van der Waals surface area contributed by atoms with Gasteiger partial charge < -0.3 is 5.11 Å². The van der Waals surface area contributed by atoms with Gasteiger partial charge in [-0.15, -0.1) is 11.3 Å². The number of carbonyl (C=O) groups excluding carboxylic acids is 1. The maximum atomic E-state index is 11.9. The number of carboxylic acid groups (broad SMARTS) is 1. The first-order chi connectivity index (χ1) is 7.68. The number of nitrogens with zero attached hydrogens (tertiary/aromatic N) is 1. The van der Waals surface area contributed by atoms with Crippen LogP contribution in [0.5, 0.6) is 0 Å². The third kappa shape index (κ3) is 1.99. The highest BCUT2D eigenvalue weighted by Crippen LogP contribution is 2.19. The number of hydrogen-bond acceptors (Lipinski definition) is 4. The van der Waals surface area contributed by atoms with Crippen molar-refractivity contribution in [2.24, 2.45) is 0 Å². The van der Waals surface area contributed by atoms with Crippen LogP contribution in [0.4, 0.5) is 0 Å². The monoisotopic (exact) mass is 233 g/mol. The number of ketones is 1. The first kappa shape index (κ1) is 10.5. The molecule has 80 valence electrons.